The lowest BCUT2D eigenvalue weighted by atomic mass is 10.1. The second-order valence-electron chi connectivity index (χ2n) is 4.16. The van der Waals surface area contributed by atoms with Crippen molar-refractivity contribution in [1.82, 2.24) is 0 Å². The lowest BCUT2D eigenvalue weighted by Crippen LogP contribution is -2.15. The monoisotopic (exact) mass is 328 g/mol. The molecule has 0 saturated carbocycles. The molecule has 0 unspecified atom stereocenters. The predicted octanol–water partition coefficient (Wildman–Crippen LogP) is 3.58. The average molecular weight is 329 g/mol. The Hall–Kier alpha value is -2.54. The zero-order chi connectivity index (χ0) is 16.3. The van der Waals surface area contributed by atoms with Crippen molar-refractivity contribution in [1.29, 1.82) is 0 Å². The van der Waals surface area contributed by atoms with Crippen LogP contribution in [0.2, 0.25) is 5.02 Å². The molecule has 2 N–H and O–H groups in total. The Kier molecular flexibility index (Phi) is 4.67. The maximum atomic E-state index is 13.5. The zero-order valence-electron chi connectivity index (χ0n) is 10.8. The van der Waals surface area contributed by atoms with Gasteiger partial charge in [-0.25, -0.2) is 13.2 Å². The molecule has 2 aromatic carbocycles. The van der Waals surface area contributed by atoms with E-state index in [1.165, 1.54) is 18.2 Å². The fourth-order valence-electron chi connectivity index (χ4n) is 1.70. The maximum absolute atomic E-state index is 13.5. The van der Waals surface area contributed by atoms with Crippen LogP contribution in [0.3, 0.4) is 0 Å². The molecule has 0 aliphatic rings. The van der Waals surface area contributed by atoms with Crippen molar-refractivity contribution < 1.29 is 22.8 Å². The second-order valence-corrected chi connectivity index (χ2v) is 4.56. The summed E-state index contributed by atoms with van der Waals surface area (Å²) in [5, 5.41) is 4.29. The van der Waals surface area contributed by atoms with Crippen molar-refractivity contribution in [2.45, 2.75) is 0 Å². The van der Waals surface area contributed by atoms with Gasteiger partial charge in [-0.05, 0) is 18.2 Å². The van der Waals surface area contributed by atoms with Crippen LogP contribution in [0.1, 0.15) is 10.4 Å². The van der Waals surface area contributed by atoms with Gasteiger partial charge in [0, 0.05) is 17.8 Å². The van der Waals surface area contributed by atoms with Crippen molar-refractivity contribution in [3.05, 3.63) is 58.4 Å². The lowest BCUT2D eigenvalue weighted by molar-refractivity contribution is -0.105. The van der Waals surface area contributed by atoms with E-state index in [4.69, 9.17) is 11.6 Å². The van der Waals surface area contributed by atoms with Gasteiger partial charge in [0.2, 0.25) is 6.41 Å². The van der Waals surface area contributed by atoms with Gasteiger partial charge < -0.3 is 10.6 Å². The molecule has 2 aromatic rings. The standard InChI is InChI=1S/C14H8ClF3N2O2/c15-10-2-1-8(19-6-21)5-9(10)14(22)20-13-11(17)3-7(16)4-12(13)18/h1-6H,(H,19,21)(H,20,22). The normalized spacial score (nSPS) is 10.2. The molecule has 22 heavy (non-hydrogen) atoms. The summed E-state index contributed by atoms with van der Waals surface area (Å²) in [7, 11) is 0. The Bertz CT molecular complexity index is 730. The molecule has 0 heterocycles. The first-order valence-corrected chi connectivity index (χ1v) is 6.26. The molecule has 8 heteroatoms. The summed E-state index contributed by atoms with van der Waals surface area (Å²) >= 11 is 5.84. The minimum atomic E-state index is -1.26. The molecule has 2 rings (SSSR count). The third kappa shape index (κ3) is 3.37. The highest BCUT2D eigenvalue weighted by Gasteiger charge is 2.17. The Morgan fingerprint density at radius 2 is 1.73 bits per heavy atom. The fraction of sp³-hybridized carbons (Fsp3) is 0. The van der Waals surface area contributed by atoms with E-state index in [9.17, 15) is 22.8 Å². The van der Waals surface area contributed by atoms with Crippen LogP contribution in [0, 0.1) is 17.5 Å². The van der Waals surface area contributed by atoms with Crippen molar-refractivity contribution in [2.24, 2.45) is 0 Å². The molecule has 0 atom stereocenters. The summed E-state index contributed by atoms with van der Waals surface area (Å²) in [6.45, 7) is 0. The highest BCUT2D eigenvalue weighted by atomic mass is 35.5. The van der Waals surface area contributed by atoms with Gasteiger partial charge in [0.15, 0.2) is 11.6 Å². The Morgan fingerprint density at radius 1 is 1.09 bits per heavy atom. The van der Waals surface area contributed by atoms with E-state index in [1.54, 1.807) is 0 Å². The van der Waals surface area contributed by atoms with Crippen LogP contribution in [0.15, 0.2) is 30.3 Å². The molecular weight excluding hydrogens is 321 g/mol. The molecule has 0 aliphatic carbocycles. The van der Waals surface area contributed by atoms with Crippen LogP contribution in [-0.2, 0) is 4.79 Å². The number of hydrogen-bond donors (Lipinski definition) is 2. The van der Waals surface area contributed by atoms with Gasteiger partial charge in [-0.2, -0.15) is 0 Å². The molecular formula is C14H8ClF3N2O2. The SMILES string of the molecule is O=CNc1ccc(Cl)c(C(=O)Nc2c(F)cc(F)cc2F)c1. The molecule has 0 aromatic heterocycles. The minimum absolute atomic E-state index is 0.0110. The van der Waals surface area contributed by atoms with Crippen molar-refractivity contribution in [2.75, 3.05) is 10.6 Å². The van der Waals surface area contributed by atoms with Crippen LogP contribution >= 0.6 is 11.6 Å². The lowest BCUT2D eigenvalue weighted by Gasteiger charge is -2.10. The quantitative estimate of drug-likeness (QED) is 0.843. The molecule has 0 bridgehead atoms. The van der Waals surface area contributed by atoms with E-state index in [-0.39, 0.29) is 16.3 Å². The van der Waals surface area contributed by atoms with E-state index in [1.807, 2.05) is 5.32 Å². The molecule has 4 nitrogen and oxygen atoms in total. The summed E-state index contributed by atoms with van der Waals surface area (Å²) in [5.74, 6) is -4.54. The maximum Gasteiger partial charge on any atom is 0.257 e. The van der Waals surface area contributed by atoms with Gasteiger partial charge in [0.25, 0.3) is 5.91 Å². The number of rotatable bonds is 4. The van der Waals surface area contributed by atoms with Crippen LogP contribution in [0.4, 0.5) is 24.5 Å². The van der Waals surface area contributed by atoms with Crippen LogP contribution in [-0.4, -0.2) is 12.3 Å². The van der Waals surface area contributed by atoms with Crippen molar-refractivity contribution >= 4 is 35.3 Å². The first-order valence-electron chi connectivity index (χ1n) is 5.88. The molecule has 114 valence electrons. The average Bonchev–Trinajstić information content (AvgIpc) is 2.45. The van der Waals surface area contributed by atoms with E-state index < -0.39 is 29.0 Å². The van der Waals surface area contributed by atoms with Crippen LogP contribution in [0.25, 0.3) is 0 Å². The Labute approximate surface area is 127 Å². The number of nitrogens with one attached hydrogen (secondary N) is 2. The van der Waals surface area contributed by atoms with Crippen LogP contribution < -0.4 is 10.6 Å². The van der Waals surface area contributed by atoms with E-state index in [0.717, 1.165) is 0 Å². The second kappa shape index (κ2) is 6.48. The number of hydrogen-bond acceptors (Lipinski definition) is 2. The smallest absolute Gasteiger partial charge is 0.257 e. The zero-order valence-corrected chi connectivity index (χ0v) is 11.5. The Balaban J connectivity index is 2.33. The summed E-state index contributed by atoms with van der Waals surface area (Å²) in [6, 6.07) is 4.87. The molecule has 0 radical (unpaired) electrons. The van der Waals surface area contributed by atoms with E-state index in [2.05, 4.69) is 5.32 Å². The Morgan fingerprint density at radius 3 is 2.32 bits per heavy atom. The van der Waals surface area contributed by atoms with Crippen molar-refractivity contribution in [3.63, 3.8) is 0 Å². The third-order valence-corrected chi connectivity index (χ3v) is 3.01. The first kappa shape index (κ1) is 15.8. The number of carbonyl (C=O) groups excluding carboxylic acids is 2. The highest BCUT2D eigenvalue weighted by molar-refractivity contribution is 6.34. The molecule has 0 fully saturated rings. The fourth-order valence-corrected chi connectivity index (χ4v) is 1.90. The molecule has 0 aliphatic heterocycles. The number of amides is 2. The molecule has 0 saturated heterocycles. The number of carbonyl (C=O) groups is 2. The molecule has 2 amide bonds. The third-order valence-electron chi connectivity index (χ3n) is 2.68. The van der Waals surface area contributed by atoms with Gasteiger partial charge >= 0.3 is 0 Å². The number of benzene rings is 2. The van der Waals surface area contributed by atoms with Gasteiger partial charge in [-0.1, -0.05) is 11.6 Å². The summed E-state index contributed by atoms with van der Waals surface area (Å²) in [4.78, 5) is 22.4. The van der Waals surface area contributed by atoms with E-state index >= 15 is 0 Å². The van der Waals surface area contributed by atoms with Crippen molar-refractivity contribution in [3.8, 4) is 0 Å². The van der Waals surface area contributed by atoms with Gasteiger partial charge in [0.05, 0.1) is 10.6 Å². The van der Waals surface area contributed by atoms with E-state index in [0.29, 0.717) is 18.5 Å². The summed E-state index contributed by atoms with van der Waals surface area (Å²) < 4.78 is 39.8. The van der Waals surface area contributed by atoms with Gasteiger partial charge in [0.1, 0.15) is 11.5 Å². The largest absolute Gasteiger partial charge is 0.329 e. The topological polar surface area (TPSA) is 58.2 Å². The van der Waals surface area contributed by atoms with Crippen LogP contribution in [0.5, 0.6) is 0 Å². The highest BCUT2D eigenvalue weighted by Crippen LogP contribution is 2.24. The first-order chi connectivity index (χ1) is 10.4. The number of anilines is 2. The predicted molar refractivity (Wildman–Crippen MR) is 75.4 cm³/mol. The summed E-state index contributed by atoms with van der Waals surface area (Å²) in [5.41, 5.74) is -0.641. The van der Waals surface area contributed by atoms with Gasteiger partial charge in [-0.15, -0.1) is 0 Å². The minimum Gasteiger partial charge on any atom is -0.329 e. The summed E-state index contributed by atoms with van der Waals surface area (Å²) in [6.07, 6.45) is 0.393. The van der Waals surface area contributed by atoms with Gasteiger partial charge in [-0.3, -0.25) is 9.59 Å². The molecule has 0 spiro atoms. The number of halogens is 4.